The van der Waals surface area contributed by atoms with Crippen molar-refractivity contribution in [1.82, 2.24) is 19.0 Å². The summed E-state index contributed by atoms with van der Waals surface area (Å²) >= 11 is 6.83. The predicted molar refractivity (Wildman–Crippen MR) is 166 cm³/mol. The molecule has 0 bridgehead atoms. The van der Waals surface area contributed by atoms with Gasteiger partial charge in [-0.15, -0.1) is 0 Å². The summed E-state index contributed by atoms with van der Waals surface area (Å²) in [5.41, 5.74) is 2.86. The van der Waals surface area contributed by atoms with E-state index in [0.717, 1.165) is 43.4 Å². The monoisotopic (exact) mass is 594 g/mol. The van der Waals surface area contributed by atoms with Gasteiger partial charge < -0.3 is 0 Å². The molecule has 2 aliphatic rings. The van der Waals surface area contributed by atoms with Crippen LogP contribution in [0.4, 0.5) is 0 Å². The molecule has 2 aromatic carbocycles. The zero-order valence-corrected chi connectivity index (χ0v) is 25.3. The smallest absolute Gasteiger partial charge is 0.266 e. The van der Waals surface area contributed by atoms with E-state index in [4.69, 9.17) is 17.3 Å². The van der Waals surface area contributed by atoms with E-state index in [0.29, 0.717) is 46.0 Å². The normalized spacial score (nSPS) is 19.6. The first-order valence-corrected chi connectivity index (χ1v) is 16.5. The van der Waals surface area contributed by atoms with Crippen LogP contribution in [0.15, 0.2) is 70.6 Å². The second kappa shape index (κ2) is 12.4. The van der Waals surface area contributed by atoms with E-state index < -0.39 is 10.0 Å². The lowest BCUT2D eigenvalue weighted by Gasteiger charge is -2.30. The highest BCUT2D eigenvalue weighted by Crippen LogP contribution is 2.36. The number of carbonyl (C=O) groups is 1. The Morgan fingerprint density at radius 1 is 1.12 bits per heavy atom. The number of aromatic nitrogens is 2. The van der Waals surface area contributed by atoms with E-state index in [2.05, 4.69) is 13.8 Å². The molecule has 3 aromatic rings. The number of para-hydroxylation sites is 1. The number of carbonyl (C=O) groups excluding carboxylic acids is 1. The molecule has 0 radical (unpaired) electrons. The molecule has 5 rings (SSSR count). The van der Waals surface area contributed by atoms with Crippen LogP contribution < -0.4 is 0 Å². The molecule has 0 aliphatic carbocycles. The summed E-state index contributed by atoms with van der Waals surface area (Å²) in [7, 11) is -3.64. The number of thioether (sulfide) groups is 1. The lowest BCUT2D eigenvalue weighted by Crippen LogP contribution is -2.39. The maximum absolute atomic E-state index is 13.6. The molecule has 0 N–H and O–H groups in total. The van der Waals surface area contributed by atoms with Gasteiger partial charge in [-0.2, -0.15) is 9.40 Å². The molecule has 40 heavy (non-hydrogen) atoms. The molecule has 210 valence electrons. The van der Waals surface area contributed by atoms with E-state index in [1.54, 1.807) is 32.1 Å². The minimum absolute atomic E-state index is 0.0972. The molecule has 1 unspecified atom stereocenters. The highest BCUT2D eigenvalue weighted by atomic mass is 32.2. The first-order chi connectivity index (χ1) is 19.3. The fourth-order valence-electron chi connectivity index (χ4n) is 5.10. The minimum Gasteiger partial charge on any atom is -0.293 e. The predicted octanol–water partition coefficient (Wildman–Crippen LogP) is 6.35. The van der Waals surface area contributed by atoms with Gasteiger partial charge in [-0.25, -0.2) is 13.1 Å². The van der Waals surface area contributed by atoms with Crippen molar-refractivity contribution in [2.75, 3.05) is 19.6 Å². The van der Waals surface area contributed by atoms with Crippen molar-refractivity contribution < 1.29 is 13.2 Å². The standard InChI is InChI=1S/C30H34N4O3S3/c1-3-4-8-17-33-29(35)27(39-30(33)38)19-24-21-34(25-13-6-5-7-14-25)31-28(24)23-12-9-15-26(18-23)40(36,37)32-16-10-11-22(2)20-32/h5-7,9,12-15,18-19,21-22H,3-4,8,10-11,16-17,20H2,1-2H3/b27-19-. The van der Waals surface area contributed by atoms with Gasteiger partial charge in [0.05, 0.1) is 15.5 Å². The summed E-state index contributed by atoms with van der Waals surface area (Å²) in [6.07, 6.45) is 8.62. The zero-order valence-electron chi connectivity index (χ0n) is 22.8. The highest BCUT2D eigenvalue weighted by molar-refractivity contribution is 8.26. The van der Waals surface area contributed by atoms with Crippen LogP contribution in [0.2, 0.25) is 0 Å². The van der Waals surface area contributed by atoms with Crippen LogP contribution in [-0.2, 0) is 14.8 Å². The number of rotatable bonds is 9. The number of hydrogen-bond donors (Lipinski definition) is 0. The number of amides is 1. The fourth-order valence-corrected chi connectivity index (χ4v) is 8.05. The summed E-state index contributed by atoms with van der Waals surface area (Å²) in [5.74, 6) is 0.237. The van der Waals surface area contributed by atoms with Crippen molar-refractivity contribution >= 4 is 50.3 Å². The minimum atomic E-state index is -3.64. The summed E-state index contributed by atoms with van der Waals surface area (Å²) in [6, 6.07) is 16.7. The van der Waals surface area contributed by atoms with Gasteiger partial charge in [0.2, 0.25) is 10.0 Å². The second-order valence-corrected chi connectivity index (χ2v) is 14.0. The number of piperidine rings is 1. The van der Waals surface area contributed by atoms with Gasteiger partial charge in [0.25, 0.3) is 5.91 Å². The average Bonchev–Trinajstić information content (AvgIpc) is 3.50. The van der Waals surface area contributed by atoms with Crippen LogP contribution in [0.25, 0.3) is 23.0 Å². The Balaban J connectivity index is 1.53. The van der Waals surface area contributed by atoms with Crippen molar-refractivity contribution in [3.63, 3.8) is 0 Å². The maximum atomic E-state index is 13.6. The van der Waals surface area contributed by atoms with Gasteiger partial charge in [0, 0.05) is 37.0 Å². The molecule has 1 amide bonds. The van der Waals surface area contributed by atoms with Gasteiger partial charge in [0.1, 0.15) is 10.0 Å². The fraction of sp³-hybridized carbons (Fsp3) is 0.367. The Kier molecular flexibility index (Phi) is 8.89. The van der Waals surface area contributed by atoms with Gasteiger partial charge in [-0.1, -0.05) is 81.0 Å². The second-order valence-electron chi connectivity index (χ2n) is 10.4. The quantitative estimate of drug-likeness (QED) is 0.163. The summed E-state index contributed by atoms with van der Waals surface area (Å²) < 4.78 is 31.0. The van der Waals surface area contributed by atoms with Crippen LogP contribution in [0, 0.1) is 5.92 Å². The van der Waals surface area contributed by atoms with E-state index >= 15 is 0 Å². The van der Waals surface area contributed by atoms with Crippen molar-refractivity contribution in [3.05, 3.63) is 71.3 Å². The molecule has 7 nitrogen and oxygen atoms in total. The molecule has 2 saturated heterocycles. The zero-order chi connectivity index (χ0) is 28.3. The van der Waals surface area contributed by atoms with E-state index in [1.807, 2.05) is 48.7 Å². The number of sulfonamides is 1. The first kappa shape index (κ1) is 28.7. The number of nitrogens with zero attached hydrogens (tertiary/aromatic N) is 4. The molecular formula is C30H34N4O3S3. The van der Waals surface area contributed by atoms with Crippen molar-refractivity contribution in [2.45, 2.75) is 50.8 Å². The van der Waals surface area contributed by atoms with Gasteiger partial charge >= 0.3 is 0 Å². The van der Waals surface area contributed by atoms with Crippen molar-refractivity contribution in [3.8, 4) is 16.9 Å². The Hall–Kier alpha value is -2.79. The Morgan fingerprint density at radius 2 is 1.93 bits per heavy atom. The van der Waals surface area contributed by atoms with Crippen LogP contribution in [-0.4, -0.2) is 57.3 Å². The van der Waals surface area contributed by atoms with Crippen molar-refractivity contribution in [2.24, 2.45) is 5.92 Å². The number of benzene rings is 2. The number of unbranched alkanes of at least 4 members (excludes halogenated alkanes) is 2. The largest absolute Gasteiger partial charge is 0.293 e. The van der Waals surface area contributed by atoms with Crippen LogP contribution in [0.5, 0.6) is 0 Å². The lowest BCUT2D eigenvalue weighted by atomic mass is 10.0. The van der Waals surface area contributed by atoms with Gasteiger partial charge in [-0.05, 0) is 55.5 Å². The summed E-state index contributed by atoms with van der Waals surface area (Å²) in [5, 5.41) is 4.86. The molecule has 0 saturated carbocycles. The van der Waals surface area contributed by atoms with E-state index in [-0.39, 0.29) is 10.8 Å². The third-order valence-electron chi connectivity index (χ3n) is 7.27. The Labute approximate surface area is 246 Å². The van der Waals surface area contributed by atoms with Crippen LogP contribution in [0.1, 0.15) is 51.5 Å². The Morgan fingerprint density at radius 3 is 2.67 bits per heavy atom. The number of hydrogen-bond acceptors (Lipinski definition) is 6. The average molecular weight is 595 g/mol. The molecular weight excluding hydrogens is 561 g/mol. The maximum Gasteiger partial charge on any atom is 0.266 e. The molecule has 1 atom stereocenters. The molecule has 3 heterocycles. The van der Waals surface area contributed by atoms with Crippen LogP contribution in [0.3, 0.4) is 0 Å². The summed E-state index contributed by atoms with van der Waals surface area (Å²) in [4.78, 5) is 15.7. The SMILES string of the molecule is CCCCCN1C(=O)/C(=C/c2cn(-c3ccccc3)nc2-c2cccc(S(=O)(=O)N3CCCC(C)C3)c2)SC1=S. The number of thiocarbonyl (C=S) groups is 1. The first-order valence-electron chi connectivity index (χ1n) is 13.8. The Bertz CT molecular complexity index is 1530. The summed E-state index contributed by atoms with van der Waals surface area (Å²) in [6.45, 7) is 5.89. The third kappa shape index (κ3) is 6.10. The molecule has 1 aromatic heterocycles. The molecule has 10 heteroatoms. The molecule has 0 spiro atoms. The highest BCUT2D eigenvalue weighted by Gasteiger charge is 2.32. The van der Waals surface area contributed by atoms with Crippen molar-refractivity contribution in [1.29, 1.82) is 0 Å². The molecule has 2 aliphatic heterocycles. The van der Waals surface area contributed by atoms with Gasteiger partial charge in [-0.3, -0.25) is 9.69 Å². The topological polar surface area (TPSA) is 75.5 Å². The van der Waals surface area contributed by atoms with Gasteiger partial charge in [0.15, 0.2) is 0 Å². The molecule has 2 fully saturated rings. The van der Waals surface area contributed by atoms with Crippen LogP contribution >= 0.6 is 24.0 Å². The van der Waals surface area contributed by atoms with E-state index in [1.165, 1.54) is 11.8 Å². The third-order valence-corrected chi connectivity index (χ3v) is 10.5. The van der Waals surface area contributed by atoms with E-state index in [9.17, 15) is 13.2 Å². The lowest BCUT2D eigenvalue weighted by molar-refractivity contribution is -0.122.